The number of hydrogen-bond donors (Lipinski definition) is 1. The Labute approximate surface area is 201 Å². The summed E-state index contributed by atoms with van der Waals surface area (Å²) >= 11 is 0. The minimum atomic E-state index is -0.671. The van der Waals surface area contributed by atoms with E-state index in [0.717, 1.165) is 16.7 Å². The molecule has 3 aromatic carbocycles. The smallest absolute Gasteiger partial charge is 0.261 e. The summed E-state index contributed by atoms with van der Waals surface area (Å²) < 4.78 is 10.9. The second kappa shape index (κ2) is 12.4. The zero-order chi connectivity index (χ0) is 24.3. The predicted octanol–water partition coefficient (Wildman–Crippen LogP) is 4.16. The van der Waals surface area contributed by atoms with Gasteiger partial charge < -0.3 is 19.7 Å². The van der Waals surface area contributed by atoms with Gasteiger partial charge in [0.05, 0.1) is 7.11 Å². The summed E-state index contributed by atoms with van der Waals surface area (Å²) in [6.45, 7) is 4.49. The molecule has 0 aliphatic carbocycles. The van der Waals surface area contributed by atoms with Crippen molar-refractivity contribution < 1.29 is 19.1 Å². The molecule has 1 N–H and O–H groups in total. The molecule has 0 aliphatic rings. The molecule has 0 aliphatic heterocycles. The molecule has 0 fully saturated rings. The van der Waals surface area contributed by atoms with Crippen molar-refractivity contribution in [1.29, 1.82) is 0 Å². The number of benzene rings is 3. The zero-order valence-corrected chi connectivity index (χ0v) is 20.0. The van der Waals surface area contributed by atoms with Gasteiger partial charge in [0.25, 0.3) is 5.91 Å². The number of carbonyl (C=O) groups excluding carboxylic acids is 2. The Morgan fingerprint density at radius 2 is 1.59 bits per heavy atom. The van der Waals surface area contributed by atoms with E-state index in [-0.39, 0.29) is 18.4 Å². The summed E-state index contributed by atoms with van der Waals surface area (Å²) in [5.74, 6) is 0.822. The number of rotatable bonds is 11. The third kappa shape index (κ3) is 7.10. The number of nitrogens with zero attached hydrogens (tertiary/aromatic N) is 1. The third-order valence-electron chi connectivity index (χ3n) is 5.48. The summed E-state index contributed by atoms with van der Waals surface area (Å²) in [7, 11) is 1.59. The molecule has 0 saturated carbocycles. The van der Waals surface area contributed by atoms with E-state index in [1.54, 1.807) is 36.3 Å². The molecule has 0 spiro atoms. The van der Waals surface area contributed by atoms with E-state index in [0.29, 0.717) is 31.0 Å². The highest BCUT2D eigenvalue weighted by Gasteiger charge is 2.30. The quantitative estimate of drug-likeness (QED) is 0.467. The standard InChI is InChI=1S/C28H32N2O4/c1-4-29-28(32)26(18-22-10-6-5-7-11-22)30(19-23-12-8-9-21(2)17-23)27(31)20-34-25-15-13-24(33-3)14-16-25/h5-17,26H,4,18-20H2,1-3H3,(H,29,32)/t26-/m1/s1. The maximum atomic E-state index is 13.5. The molecule has 3 aromatic rings. The van der Waals surface area contributed by atoms with Gasteiger partial charge in [0.2, 0.25) is 5.91 Å². The number of methoxy groups -OCH3 is 1. The Morgan fingerprint density at radius 3 is 2.24 bits per heavy atom. The molecule has 2 amide bonds. The van der Waals surface area contributed by atoms with Gasteiger partial charge in [-0.2, -0.15) is 0 Å². The molecular formula is C28H32N2O4. The number of amides is 2. The van der Waals surface area contributed by atoms with Gasteiger partial charge in [-0.3, -0.25) is 9.59 Å². The normalized spacial score (nSPS) is 11.4. The van der Waals surface area contributed by atoms with Crippen LogP contribution in [0.5, 0.6) is 11.5 Å². The highest BCUT2D eigenvalue weighted by Crippen LogP contribution is 2.19. The van der Waals surface area contributed by atoms with Gasteiger partial charge in [-0.25, -0.2) is 0 Å². The first-order valence-electron chi connectivity index (χ1n) is 11.4. The largest absolute Gasteiger partial charge is 0.497 e. The van der Waals surface area contributed by atoms with Crippen molar-refractivity contribution >= 4 is 11.8 Å². The number of aryl methyl sites for hydroxylation is 1. The van der Waals surface area contributed by atoms with Gasteiger partial charge in [-0.1, -0.05) is 60.2 Å². The van der Waals surface area contributed by atoms with Gasteiger partial charge in [0.15, 0.2) is 6.61 Å². The topological polar surface area (TPSA) is 67.9 Å². The molecule has 0 bridgehead atoms. The molecule has 0 heterocycles. The minimum absolute atomic E-state index is 0.178. The molecule has 6 nitrogen and oxygen atoms in total. The first-order chi connectivity index (χ1) is 16.5. The molecule has 3 rings (SSSR count). The molecule has 0 saturated heterocycles. The summed E-state index contributed by atoms with van der Waals surface area (Å²) in [6.07, 6.45) is 0.409. The van der Waals surface area contributed by atoms with Crippen LogP contribution in [0.15, 0.2) is 78.9 Å². The molecular weight excluding hydrogens is 428 g/mol. The van der Waals surface area contributed by atoms with Crippen molar-refractivity contribution in [3.63, 3.8) is 0 Å². The second-order valence-corrected chi connectivity index (χ2v) is 8.07. The monoisotopic (exact) mass is 460 g/mol. The van der Waals surface area contributed by atoms with Crippen LogP contribution in [0, 0.1) is 6.92 Å². The van der Waals surface area contributed by atoms with Crippen LogP contribution in [0.4, 0.5) is 0 Å². The lowest BCUT2D eigenvalue weighted by Gasteiger charge is -2.31. The van der Waals surface area contributed by atoms with E-state index in [2.05, 4.69) is 5.32 Å². The Kier molecular flexibility index (Phi) is 9.09. The van der Waals surface area contributed by atoms with Crippen molar-refractivity contribution in [2.24, 2.45) is 0 Å². The van der Waals surface area contributed by atoms with E-state index in [1.807, 2.05) is 68.4 Å². The van der Waals surface area contributed by atoms with Crippen molar-refractivity contribution in [2.45, 2.75) is 32.9 Å². The summed E-state index contributed by atoms with van der Waals surface area (Å²) in [5, 5.41) is 2.90. The maximum Gasteiger partial charge on any atom is 0.261 e. The van der Waals surface area contributed by atoms with Crippen molar-refractivity contribution in [1.82, 2.24) is 10.2 Å². The third-order valence-corrected chi connectivity index (χ3v) is 5.48. The summed E-state index contributed by atoms with van der Waals surface area (Å²) in [6, 6.07) is 24.1. The molecule has 1 atom stereocenters. The second-order valence-electron chi connectivity index (χ2n) is 8.07. The van der Waals surface area contributed by atoms with Crippen LogP contribution in [-0.2, 0) is 22.6 Å². The van der Waals surface area contributed by atoms with Gasteiger partial charge in [-0.05, 0) is 49.2 Å². The summed E-state index contributed by atoms with van der Waals surface area (Å²) in [5.41, 5.74) is 3.04. The molecule has 0 unspecified atom stereocenters. The van der Waals surface area contributed by atoms with Crippen molar-refractivity contribution in [3.05, 3.63) is 95.6 Å². The lowest BCUT2D eigenvalue weighted by Crippen LogP contribution is -2.51. The average molecular weight is 461 g/mol. The first kappa shape index (κ1) is 24.8. The van der Waals surface area contributed by atoms with Crippen LogP contribution < -0.4 is 14.8 Å². The minimum Gasteiger partial charge on any atom is -0.497 e. The van der Waals surface area contributed by atoms with E-state index < -0.39 is 6.04 Å². The van der Waals surface area contributed by atoms with Gasteiger partial charge in [-0.15, -0.1) is 0 Å². The maximum absolute atomic E-state index is 13.5. The number of ether oxygens (including phenoxy) is 2. The van der Waals surface area contributed by atoms with Crippen LogP contribution in [-0.4, -0.2) is 43.0 Å². The zero-order valence-electron chi connectivity index (χ0n) is 20.0. The first-order valence-corrected chi connectivity index (χ1v) is 11.4. The molecule has 6 heteroatoms. The Bertz CT molecular complexity index is 1070. The predicted molar refractivity (Wildman–Crippen MR) is 133 cm³/mol. The van der Waals surface area contributed by atoms with Crippen LogP contribution in [0.2, 0.25) is 0 Å². The highest BCUT2D eigenvalue weighted by molar-refractivity contribution is 5.88. The fraction of sp³-hybridized carbons (Fsp3) is 0.286. The van der Waals surface area contributed by atoms with Gasteiger partial charge >= 0.3 is 0 Å². The van der Waals surface area contributed by atoms with E-state index >= 15 is 0 Å². The van der Waals surface area contributed by atoms with Crippen LogP contribution in [0.3, 0.4) is 0 Å². The Morgan fingerprint density at radius 1 is 0.912 bits per heavy atom. The highest BCUT2D eigenvalue weighted by atomic mass is 16.5. The number of hydrogen-bond acceptors (Lipinski definition) is 4. The van der Waals surface area contributed by atoms with E-state index in [1.165, 1.54) is 0 Å². The average Bonchev–Trinajstić information content (AvgIpc) is 2.85. The van der Waals surface area contributed by atoms with Gasteiger partial charge in [0.1, 0.15) is 17.5 Å². The summed E-state index contributed by atoms with van der Waals surface area (Å²) in [4.78, 5) is 28.2. The lowest BCUT2D eigenvalue weighted by molar-refractivity contribution is -0.142. The number of nitrogens with one attached hydrogen (secondary N) is 1. The fourth-order valence-corrected chi connectivity index (χ4v) is 3.75. The van der Waals surface area contributed by atoms with Crippen LogP contribution >= 0.6 is 0 Å². The number of carbonyl (C=O) groups is 2. The van der Waals surface area contributed by atoms with Crippen molar-refractivity contribution in [2.75, 3.05) is 20.3 Å². The van der Waals surface area contributed by atoms with Crippen molar-refractivity contribution in [3.8, 4) is 11.5 Å². The van der Waals surface area contributed by atoms with Crippen LogP contribution in [0.1, 0.15) is 23.6 Å². The van der Waals surface area contributed by atoms with E-state index in [9.17, 15) is 9.59 Å². The van der Waals surface area contributed by atoms with Crippen LogP contribution in [0.25, 0.3) is 0 Å². The molecule has 178 valence electrons. The number of likely N-dealkylation sites (N-methyl/N-ethyl adjacent to an activating group) is 1. The lowest BCUT2D eigenvalue weighted by atomic mass is 10.0. The SMILES string of the molecule is CCNC(=O)[C@@H](Cc1ccccc1)N(Cc1cccc(C)c1)C(=O)COc1ccc(OC)cc1. The van der Waals surface area contributed by atoms with Gasteiger partial charge in [0, 0.05) is 19.5 Å². The Balaban J connectivity index is 1.86. The fourth-order valence-electron chi connectivity index (χ4n) is 3.75. The molecule has 34 heavy (non-hydrogen) atoms. The molecule has 0 radical (unpaired) electrons. The molecule has 0 aromatic heterocycles. The Hall–Kier alpha value is -3.80. The van der Waals surface area contributed by atoms with E-state index in [4.69, 9.17) is 9.47 Å².